The number of rotatable bonds is 7. The number of primary amides is 1. The highest BCUT2D eigenvalue weighted by molar-refractivity contribution is 5.94. The second-order valence-corrected chi connectivity index (χ2v) is 8.14. The van der Waals surface area contributed by atoms with Crippen LogP contribution in [-0.4, -0.2) is 38.8 Å². The molecule has 1 amide bonds. The van der Waals surface area contributed by atoms with Crippen molar-refractivity contribution in [1.29, 1.82) is 5.26 Å². The molecular formula is C24H22N8O2. The van der Waals surface area contributed by atoms with Gasteiger partial charge in [0.05, 0.1) is 28.6 Å². The van der Waals surface area contributed by atoms with Gasteiger partial charge in [0.25, 0.3) is 5.91 Å². The average Bonchev–Trinajstić information content (AvgIpc) is 3.24. The Balaban J connectivity index is 1.78. The van der Waals surface area contributed by atoms with Gasteiger partial charge in [0.2, 0.25) is 0 Å². The minimum absolute atomic E-state index is 0.0509. The summed E-state index contributed by atoms with van der Waals surface area (Å²) in [6, 6.07) is 14.9. The van der Waals surface area contributed by atoms with Crippen LogP contribution in [0.15, 0.2) is 48.7 Å². The Bertz CT molecular complexity index is 1450. The van der Waals surface area contributed by atoms with Gasteiger partial charge in [-0.25, -0.2) is 9.50 Å². The first-order valence-corrected chi connectivity index (χ1v) is 10.4. The summed E-state index contributed by atoms with van der Waals surface area (Å²) in [6.45, 7) is 3.33. The molecule has 4 rings (SSSR count). The molecule has 10 heteroatoms. The zero-order chi connectivity index (χ0) is 24.5. The predicted octanol–water partition coefficient (Wildman–Crippen LogP) is 3.29. The van der Waals surface area contributed by atoms with Crippen molar-refractivity contribution in [3.8, 4) is 17.3 Å². The van der Waals surface area contributed by atoms with Crippen LogP contribution >= 0.6 is 0 Å². The van der Waals surface area contributed by atoms with Crippen molar-refractivity contribution in [2.24, 2.45) is 5.73 Å². The summed E-state index contributed by atoms with van der Waals surface area (Å²) in [4.78, 5) is 32.0. The van der Waals surface area contributed by atoms with Crippen LogP contribution in [0, 0.1) is 11.3 Å². The molecule has 0 fully saturated rings. The van der Waals surface area contributed by atoms with Gasteiger partial charge in [-0.05, 0) is 38.1 Å². The van der Waals surface area contributed by atoms with E-state index in [1.165, 1.54) is 10.7 Å². The zero-order valence-corrected chi connectivity index (χ0v) is 18.8. The predicted molar refractivity (Wildman–Crippen MR) is 128 cm³/mol. The van der Waals surface area contributed by atoms with Gasteiger partial charge in [0, 0.05) is 36.1 Å². The number of nitrogens with two attached hydrogens (primary N) is 1. The lowest BCUT2D eigenvalue weighted by atomic mass is 9.90. The van der Waals surface area contributed by atoms with Gasteiger partial charge in [0.15, 0.2) is 23.4 Å². The largest absolute Gasteiger partial charge is 0.385 e. The Morgan fingerprint density at radius 2 is 2.03 bits per heavy atom. The summed E-state index contributed by atoms with van der Waals surface area (Å²) in [7, 11) is 1.72. The fourth-order valence-electron chi connectivity index (χ4n) is 3.53. The number of imidazole rings is 1. The molecule has 170 valence electrons. The lowest BCUT2D eigenvalue weighted by Crippen LogP contribution is -2.24. The van der Waals surface area contributed by atoms with Gasteiger partial charge in [-0.1, -0.05) is 12.1 Å². The number of aromatic nitrogens is 4. The fourth-order valence-corrected chi connectivity index (χ4v) is 3.53. The maximum Gasteiger partial charge on any atom is 0.269 e. The number of carbonyl (C=O) groups excluding carboxylic acids is 2. The van der Waals surface area contributed by atoms with Gasteiger partial charge in [-0.2, -0.15) is 5.26 Å². The van der Waals surface area contributed by atoms with E-state index >= 15 is 0 Å². The second-order valence-electron chi connectivity index (χ2n) is 8.14. The average molecular weight is 454 g/mol. The molecule has 4 N–H and O–H groups in total. The third-order valence-corrected chi connectivity index (χ3v) is 5.31. The molecule has 4 aromatic rings. The van der Waals surface area contributed by atoms with Crippen molar-refractivity contribution >= 4 is 35.0 Å². The number of benzene rings is 1. The Kier molecular flexibility index (Phi) is 5.69. The van der Waals surface area contributed by atoms with E-state index in [0.717, 1.165) is 17.5 Å². The standard InChI is InChI=1S/C24H22N8O2/c1-24(2,13-25)21-20(22(26)34)32-23(30-21)18(27-3)10-19(31-32)29-16-6-4-5-15(9-16)17-8-7-14(12-33)11-28-17/h4-12,27H,1-3H3,(H2,26,34)(H,29,31). The maximum absolute atomic E-state index is 12.3. The van der Waals surface area contributed by atoms with E-state index in [1.807, 2.05) is 24.3 Å². The third kappa shape index (κ3) is 4.02. The van der Waals surface area contributed by atoms with Crippen molar-refractivity contribution in [3.05, 3.63) is 65.6 Å². The van der Waals surface area contributed by atoms with Crippen LogP contribution in [0.3, 0.4) is 0 Å². The molecule has 0 saturated heterocycles. The lowest BCUT2D eigenvalue weighted by Gasteiger charge is -2.13. The van der Waals surface area contributed by atoms with Crippen LogP contribution in [0.5, 0.6) is 0 Å². The number of aldehydes is 1. The number of nitrogens with one attached hydrogen (secondary N) is 2. The number of anilines is 3. The minimum atomic E-state index is -1.04. The number of hydrogen-bond acceptors (Lipinski definition) is 8. The monoisotopic (exact) mass is 454 g/mol. The Hall–Kier alpha value is -4.78. The van der Waals surface area contributed by atoms with Crippen molar-refractivity contribution in [1.82, 2.24) is 19.6 Å². The first-order valence-electron chi connectivity index (χ1n) is 10.4. The van der Waals surface area contributed by atoms with Crippen molar-refractivity contribution < 1.29 is 9.59 Å². The SMILES string of the molecule is CNc1cc(Nc2cccc(-c3ccc(C=O)cn3)c2)nn2c(C(N)=O)c(C(C)(C)C#N)nc12. The molecule has 3 aromatic heterocycles. The van der Waals surface area contributed by atoms with Crippen LogP contribution in [0.25, 0.3) is 16.9 Å². The van der Waals surface area contributed by atoms with Crippen molar-refractivity contribution in [2.75, 3.05) is 17.7 Å². The third-order valence-electron chi connectivity index (χ3n) is 5.31. The Labute approximate surface area is 195 Å². The number of nitriles is 1. The highest BCUT2D eigenvalue weighted by atomic mass is 16.1. The van der Waals surface area contributed by atoms with E-state index < -0.39 is 11.3 Å². The first-order chi connectivity index (χ1) is 16.3. The van der Waals surface area contributed by atoms with E-state index in [2.05, 4.69) is 31.8 Å². The van der Waals surface area contributed by atoms with Gasteiger partial charge >= 0.3 is 0 Å². The van der Waals surface area contributed by atoms with Gasteiger partial charge < -0.3 is 16.4 Å². The van der Waals surface area contributed by atoms with Crippen molar-refractivity contribution in [2.45, 2.75) is 19.3 Å². The highest BCUT2D eigenvalue weighted by Gasteiger charge is 2.32. The molecule has 0 bridgehead atoms. The summed E-state index contributed by atoms with van der Waals surface area (Å²) in [5.74, 6) is -0.302. The molecule has 0 saturated carbocycles. The minimum Gasteiger partial charge on any atom is -0.385 e. The summed E-state index contributed by atoms with van der Waals surface area (Å²) in [6.07, 6.45) is 2.26. The normalized spacial score (nSPS) is 11.1. The van der Waals surface area contributed by atoms with Gasteiger partial charge in [-0.3, -0.25) is 14.6 Å². The van der Waals surface area contributed by atoms with Crippen LogP contribution in [0.2, 0.25) is 0 Å². The highest BCUT2D eigenvalue weighted by Crippen LogP contribution is 2.30. The zero-order valence-electron chi connectivity index (χ0n) is 18.8. The molecular weight excluding hydrogens is 432 g/mol. The molecule has 1 aromatic carbocycles. The van der Waals surface area contributed by atoms with Gasteiger partial charge in [-0.15, -0.1) is 5.10 Å². The van der Waals surface area contributed by atoms with Gasteiger partial charge in [0.1, 0.15) is 0 Å². The fraction of sp³-hybridized carbons (Fsp3) is 0.167. The second kappa shape index (κ2) is 8.63. The summed E-state index contributed by atoms with van der Waals surface area (Å²) in [5.41, 5.74) is 8.69. The molecule has 0 unspecified atom stereocenters. The van der Waals surface area contributed by atoms with E-state index in [4.69, 9.17) is 5.73 Å². The van der Waals surface area contributed by atoms with Crippen LogP contribution in [-0.2, 0) is 5.41 Å². The Morgan fingerprint density at radius 1 is 1.24 bits per heavy atom. The smallest absolute Gasteiger partial charge is 0.269 e. The number of nitrogens with zero attached hydrogens (tertiary/aromatic N) is 5. The molecule has 0 aliphatic carbocycles. The van der Waals surface area contributed by atoms with E-state index in [-0.39, 0.29) is 11.4 Å². The summed E-state index contributed by atoms with van der Waals surface area (Å²) >= 11 is 0. The lowest BCUT2D eigenvalue weighted by molar-refractivity contribution is 0.0991. The molecule has 3 heterocycles. The van der Waals surface area contributed by atoms with E-state index in [9.17, 15) is 14.9 Å². The van der Waals surface area contributed by atoms with E-state index in [1.54, 1.807) is 39.1 Å². The topological polar surface area (TPSA) is 151 Å². The summed E-state index contributed by atoms with van der Waals surface area (Å²) in [5, 5.41) is 20.4. The molecule has 0 aliphatic heterocycles. The molecule has 10 nitrogen and oxygen atoms in total. The van der Waals surface area contributed by atoms with Crippen LogP contribution in [0.1, 0.15) is 40.4 Å². The number of fused-ring (bicyclic) bond motifs is 1. The van der Waals surface area contributed by atoms with E-state index in [0.29, 0.717) is 28.4 Å². The van der Waals surface area contributed by atoms with Crippen LogP contribution in [0.4, 0.5) is 17.2 Å². The molecule has 0 radical (unpaired) electrons. The van der Waals surface area contributed by atoms with Crippen molar-refractivity contribution in [3.63, 3.8) is 0 Å². The summed E-state index contributed by atoms with van der Waals surface area (Å²) < 4.78 is 1.36. The maximum atomic E-state index is 12.3. The number of carbonyl (C=O) groups is 2. The number of hydrogen-bond donors (Lipinski definition) is 3. The molecule has 34 heavy (non-hydrogen) atoms. The molecule has 0 atom stereocenters. The first kappa shape index (κ1) is 22.4. The molecule has 0 spiro atoms. The number of pyridine rings is 1. The quantitative estimate of drug-likeness (QED) is 0.360. The molecule has 0 aliphatic rings. The number of amides is 1. The van der Waals surface area contributed by atoms with Crippen LogP contribution < -0.4 is 16.4 Å². The Morgan fingerprint density at radius 3 is 2.65 bits per heavy atom.